The zero-order valence-electron chi connectivity index (χ0n) is 26.4. The first-order valence-electron chi connectivity index (χ1n) is 16.7. The molecule has 1 amide bonds. The highest BCUT2D eigenvalue weighted by molar-refractivity contribution is 7.87. The number of carbonyl (C=O) groups is 1. The van der Waals surface area contributed by atoms with Crippen LogP contribution in [0.2, 0.25) is 5.02 Å². The van der Waals surface area contributed by atoms with Gasteiger partial charge in [-0.1, -0.05) is 29.8 Å². The molecular weight excluding hydrogens is 626 g/mol. The van der Waals surface area contributed by atoms with Crippen molar-refractivity contribution in [3.63, 3.8) is 0 Å². The van der Waals surface area contributed by atoms with Gasteiger partial charge in [0.15, 0.2) is 0 Å². The fourth-order valence-electron chi connectivity index (χ4n) is 8.22. The molecule has 1 spiro atoms. The molecule has 11 heteroatoms. The maximum absolute atomic E-state index is 13.8. The van der Waals surface area contributed by atoms with Crippen LogP contribution in [0.5, 0.6) is 5.75 Å². The van der Waals surface area contributed by atoms with E-state index in [0.29, 0.717) is 38.5 Å². The Bertz CT molecular complexity index is 1610. The zero-order valence-corrected chi connectivity index (χ0v) is 27.9. The molecule has 46 heavy (non-hydrogen) atoms. The van der Waals surface area contributed by atoms with Gasteiger partial charge in [-0.2, -0.15) is 12.7 Å². The molecule has 0 radical (unpaired) electrons. The van der Waals surface area contributed by atoms with E-state index in [1.54, 1.807) is 18.2 Å². The number of benzene rings is 2. The Hall–Kier alpha value is -2.63. The number of aliphatic hydroxyl groups excluding tert-OH is 1. The number of hydrogen-bond acceptors (Lipinski definition) is 7. The van der Waals surface area contributed by atoms with Gasteiger partial charge in [0.1, 0.15) is 5.75 Å². The molecule has 2 N–H and O–H groups in total. The fraction of sp³-hybridized carbons (Fsp3) is 0.571. The van der Waals surface area contributed by atoms with Crippen molar-refractivity contribution in [1.29, 1.82) is 0 Å². The van der Waals surface area contributed by atoms with Gasteiger partial charge in [0.25, 0.3) is 5.91 Å². The zero-order chi connectivity index (χ0) is 32.1. The van der Waals surface area contributed by atoms with Crippen molar-refractivity contribution in [1.82, 2.24) is 9.03 Å². The monoisotopic (exact) mass is 669 g/mol. The number of aryl methyl sites for hydroxylation is 1. The summed E-state index contributed by atoms with van der Waals surface area (Å²) in [5.41, 5.74) is 3.25. The van der Waals surface area contributed by atoms with Crippen molar-refractivity contribution >= 4 is 33.4 Å². The number of nitrogens with zero attached hydrogens (tertiary/aromatic N) is 2. The Morgan fingerprint density at radius 2 is 2.00 bits per heavy atom. The van der Waals surface area contributed by atoms with Crippen LogP contribution < -0.4 is 14.4 Å². The third-order valence-electron chi connectivity index (χ3n) is 10.9. The molecule has 248 valence electrons. The molecule has 2 aromatic carbocycles. The summed E-state index contributed by atoms with van der Waals surface area (Å²) >= 11 is 6.41. The van der Waals surface area contributed by atoms with Gasteiger partial charge >= 0.3 is 10.2 Å². The summed E-state index contributed by atoms with van der Waals surface area (Å²) in [6.45, 7) is 4.45. The third kappa shape index (κ3) is 6.19. The van der Waals surface area contributed by atoms with Crippen molar-refractivity contribution in [2.24, 2.45) is 11.8 Å². The number of rotatable bonds is 2. The number of anilines is 1. The molecule has 0 aromatic heterocycles. The van der Waals surface area contributed by atoms with Gasteiger partial charge in [-0.05, 0) is 112 Å². The number of carbonyl (C=O) groups excluding carboxylic acids is 1. The minimum Gasteiger partial charge on any atom is -0.490 e. The smallest absolute Gasteiger partial charge is 0.304 e. The van der Waals surface area contributed by atoms with E-state index >= 15 is 0 Å². The second-order valence-electron chi connectivity index (χ2n) is 13.9. The van der Waals surface area contributed by atoms with E-state index in [0.717, 1.165) is 55.7 Å². The first-order chi connectivity index (χ1) is 22.1. The van der Waals surface area contributed by atoms with Crippen molar-refractivity contribution < 1.29 is 27.8 Å². The molecule has 9 nitrogen and oxygen atoms in total. The van der Waals surface area contributed by atoms with Crippen LogP contribution in [-0.2, 0) is 26.8 Å². The maximum atomic E-state index is 13.8. The predicted molar refractivity (Wildman–Crippen MR) is 178 cm³/mol. The van der Waals surface area contributed by atoms with Crippen molar-refractivity contribution in [2.75, 3.05) is 37.7 Å². The lowest BCUT2D eigenvalue weighted by molar-refractivity contribution is 0.0455. The molecule has 5 aliphatic rings. The van der Waals surface area contributed by atoms with Crippen molar-refractivity contribution in [3.8, 4) is 5.75 Å². The van der Waals surface area contributed by atoms with Crippen LogP contribution in [0.4, 0.5) is 5.69 Å². The van der Waals surface area contributed by atoms with E-state index in [1.165, 1.54) is 15.4 Å². The Morgan fingerprint density at radius 3 is 2.78 bits per heavy atom. The predicted octanol–water partition coefficient (Wildman–Crippen LogP) is 5.00. The maximum Gasteiger partial charge on any atom is 0.304 e. The lowest BCUT2D eigenvalue weighted by Gasteiger charge is -2.45. The van der Waals surface area contributed by atoms with Crippen LogP contribution in [0.1, 0.15) is 73.4 Å². The number of aliphatic hydroxyl groups is 1. The van der Waals surface area contributed by atoms with E-state index in [2.05, 4.69) is 21.8 Å². The number of ether oxygens (including phenoxy) is 2. The number of amides is 1. The Labute approximate surface area is 277 Å². The fourth-order valence-corrected chi connectivity index (χ4v) is 9.81. The highest BCUT2D eigenvalue weighted by atomic mass is 35.5. The Kier molecular flexibility index (Phi) is 8.86. The second-order valence-corrected chi connectivity index (χ2v) is 16.0. The number of nitrogens with one attached hydrogen (secondary N) is 1. The van der Waals surface area contributed by atoms with Gasteiger partial charge < -0.3 is 19.5 Å². The van der Waals surface area contributed by atoms with Gasteiger partial charge in [-0.15, -0.1) is 0 Å². The molecular formula is C35H44ClN3O6S. The first-order valence-corrected chi connectivity index (χ1v) is 18.5. The lowest BCUT2D eigenvalue weighted by atomic mass is 9.68. The number of fused-ring (bicyclic) bond motifs is 4. The molecule has 3 aliphatic heterocycles. The Morgan fingerprint density at radius 1 is 1.13 bits per heavy atom. The summed E-state index contributed by atoms with van der Waals surface area (Å²) in [6, 6.07) is 10.9. The van der Waals surface area contributed by atoms with Crippen LogP contribution in [0.15, 0.2) is 48.6 Å². The summed E-state index contributed by atoms with van der Waals surface area (Å²) in [7, 11) is -4.21. The van der Waals surface area contributed by atoms with Crippen LogP contribution in [0.3, 0.4) is 0 Å². The highest BCUT2D eigenvalue weighted by Crippen LogP contribution is 2.46. The largest absolute Gasteiger partial charge is 0.490 e. The molecule has 6 atom stereocenters. The van der Waals surface area contributed by atoms with Crippen LogP contribution in [0.25, 0.3) is 0 Å². The number of hydrogen-bond donors (Lipinski definition) is 2. The van der Waals surface area contributed by atoms with E-state index in [1.807, 2.05) is 25.1 Å². The number of halogens is 1. The average Bonchev–Trinajstić information content (AvgIpc) is 3.47. The van der Waals surface area contributed by atoms with Gasteiger partial charge in [-0.3, -0.25) is 4.79 Å². The topological polar surface area (TPSA) is 108 Å². The first kappa shape index (κ1) is 31.9. The highest BCUT2D eigenvalue weighted by Gasteiger charge is 2.44. The van der Waals surface area contributed by atoms with Crippen molar-refractivity contribution in [3.05, 3.63) is 70.3 Å². The lowest BCUT2D eigenvalue weighted by Crippen LogP contribution is -2.50. The molecule has 1 unspecified atom stereocenters. The SMILES string of the molecule is C[C@H]1C/C=C/C(O)[C@@H]2CC[C@H]2CN2C[C@@]3(CCCc4cc(Cl)ccc43)COc3ccc(cc32)C(=O)NS(=O)(=O)N1C[C@@H]1CCCO1. The molecule has 2 fully saturated rings. The molecule has 1 saturated carbocycles. The summed E-state index contributed by atoms with van der Waals surface area (Å²) < 4.78 is 43.6. The van der Waals surface area contributed by atoms with Crippen LogP contribution in [-0.4, -0.2) is 74.8 Å². The standard InChI is InChI=1S/C35H44ClN3O6S/c1-23-5-2-8-32(40)29-12-9-26(29)19-38-21-35(15-3-6-24-17-27(36)11-13-30(24)35)22-45-33-14-10-25(18-31(33)38)34(41)37-46(42,43)39(23)20-28-7-4-16-44-28/h2,8,10-11,13-14,17-18,23,26,28-29,32,40H,3-7,9,12,15-16,19-22H2,1H3,(H,37,41)/b8-2+/t23-,26-,28-,29+,32?,35-/m0/s1. The normalized spacial score (nSPS) is 33.6. The summed E-state index contributed by atoms with van der Waals surface area (Å²) in [4.78, 5) is 16.0. The molecule has 2 bridgehead atoms. The quantitative estimate of drug-likeness (QED) is 0.433. The molecule has 2 aliphatic carbocycles. The minimum atomic E-state index is -4.21. The molecule has 7 rings (SSSR count). The summed E-state index contributed by atoms with van der Waals surface area (Å²) in [5.74, 6) is 0.348. The average molecular weight is 670 g/mol. The molecule has 2 aromatic rings. The van der Waals surface area contributed by atoms with Gasteiger partial charge in [0, 0.05) is 48.3 Å². The van der Waals surface area contributed by atoms with Crippen molar-refractivity contribution in [2.45, 2.75) is 82.0 Å². The third-order valence-corrected chi connectivity index (χ3v) is 12.7. The summed E-state index contributed by atoms with van der Waals surface area (Å²) in [6.07, 6.45) is 9.79. The van der Waals surface area contributed by atoms with Gasteiger partial charge in [0.05, 0.1) is 24.5 Å². The second kappa shape index (κ2) is 12.8. The van der Waals surface area contributed by atoms with Gasteiger partial charge in [0.2, 0.25) is 0 Å². The van der Waals surface area contributed by atoms with E-state index in [-0.39, 0.29) is 35.5 Å². The molecule has 3 heterocycles. The van der Waals surface area contributed by atoms with E-state index in [9.17, 15) is 18.3 Å². The van der Waals surface area contributed by atoms with Crippen LogP contribution >= 0.6 is 11.6 Å². The van der Waals surface area contributed by atoms with E-state index < -0.39 is 28.3 Å². The minimum absolute atomic E-state index is 0.0960. The van der Waals surface area contributed by atoms with Crippen LogP contribution in [0, 0.1) is 11.8 Å². The molecule has 1 saturated heterocycles. The summed E-state index contributed by atoms with van der Waals surface area (Å²) in [5, 5.41) is 12.0. The van der Waals surface area contributed by atoms with Gasteiger partial charge in [-0.25, -0.2) is 4.72 Å². The Balaban J connectivity index is 1.27. The van der Waals surface area contributed by atoms with E-state index in [4.69, 9.17) is 21.1 Å².